The van der Waals surface area contributed by atoms with Crippen LogP contribution < -0.4 is 5.56 Å². The fourth-order valence-electron chi connectivity index (χ4n) is 4.38. The molecule has 2 heterocycles. The van der Waals surface area contributed by atoms with Gasteiger partial charge < -0.3 is 0 Å². The van der Waals surface area contributed by atoms with Gasteiger partial charge in [-0.15, -0.1) is 11.3 Å². The summed E-state index contributed by atoms with van der Waals surface area (Å²) in [5, 5.41) is 1.22. The Morgan fingerprint density at radius 2 is 1.79 bits per heavy atom. The van der Waals surface area contributed by atoms with Crippen LogP contribution in [-0.4, -0.2) is 9.55 Å². The lowest BCUT2D eigenvalue weighted by Gasteiger charge is -2.19. The van der Waals surface area contributed by atoms with E-state index >= 15 is 0 Å². The summed E-state index contributed by atoms with van der Waals surface area (Å²) in [6.45, 7) is 6.59. The third kappa shape index (κ3) is 4.26. The maximum atomic E-state index is 14.8. The van der Waals surface area contributed by atoms with E-state index in [0.717, 1.165) is 41.6 Å². The van der Waals surface area contributed by atoms with Gasteiger partial charge in [-0.05, 0) is 59.9 Å². The van der Waals surface area contributed by atoms with E-state index in [4.69, 9.17) is 4.98 Å². The minimum absolute atomic E-state index is 0.0991. The zero-order chi connectivity index (χ0) is 23.2. The van der Waals surface area contributed by atoms with Crippen LogP contribution in [0.15, 0.2) is 58.5 Å². The Balaban J connectivity index is 1.59. The molecular weight excluding hydrogens is 451 g/mol. The van der Waals surface area contributed by atoms with E-state index in [1.54, 1.807) is 29.5 Å². The fourth-order valence-corrected chi connectivity index (χ4v) is 6.64. The van der Waals surface area contributed by atoms with Crippen molar-refractivity contribution in [2.45, 2.75) is 62.8 Å². The van der Waals surface area contributed by atoms with Crippen molar-refractivity contribution in [1.82, 2.24) is 9.55 Å². The van der Waals surface area contributed by atoms with Crippen LogP contribution in [0.1, 0.15) is 55.2 Å². The predicted molar refractivity (Wildman–Crippen MR) is 137 cm³/mol. The molecule has 0 fully saturated rings. The zero-order valence-corrected chi connectivity index (χ0v) is 20.8. The van der Waals surface area contributed by atoms with E-state index in [1.165, 1.54) is 32.8 Å². The van der Waals surface area contributed by atoms with Crippen molar-refractivity contribution < 1.29 is 4.39 Å². The van der Waals surface area contributed by atoms with E-state index < -0.39 is 5.82 Å². The van der Waals surface area contributed by atoms with Gasteiger partial charge >= 0.3 is 0 Å². The van der Waals surface area contributed by atoms with Crippen molar-refractivity contribution in [1.29, 1.82) is 0 Å². The number of thioether (sulfide) groups is 1. The maximum Gasteiger partial charge on any atom is 0.267 e. The second kappa shape index (κ2) is 8.73. The summed E-state index contributed by atoms with van der Waals surface area (Å²) in [6.07, 6.45) is 4.13. The second-order valence-electron chi connectivity index (χ2n) is 9.61. The van der Waals surface area contributed by atoms with Crippen molar-refractivity contribution in [2.24, 2.45) is 0 Å². The number of halogens is 1. The van der Waals surface area contributed by atoms with Gasteiger partial charge in [0, 0.05) is 10.6 Å². The topological polar surface area (TPSA) is 34.9 Å². The Labute approximate surface area is 201 Å². The SMILES string of the molecule is CC(C)(C)c1ccc(CSc2nc3sc4c(c3c(=O)n2-c2ccccc2F)CCCC4)cc1. The van der Waals surface area contributed by atoms with Crippen LogP contribution >= 0.6 is 23.1 Å². The molecule has 33 heavy (non-hydrogen) atoms. The minimum Gasteiger partial charge on any atom is -0.268 e. The van der Waals surface area contributed by atoms with E-state index in [0.29, 0.717) is 16.3 Å². The van der Waals surface area contributed by atoms with Gasteiger partial charge in [-0.25, -0.2) is 9.37 Å². The van der Waals surface area contributed by atoms with Crippen molar-refractivity contribution in [2.75, 3.05) is 0 Å². The molecule has 3 nitrogen and oxygen atoms in total. The smallest absolute Gasteiger partial charge is 0.267 e. The highest BCUT2D eigenvalue weighted by molar-refractivity contribution is 7.98. The van der Waals surface area contributed by atoms with Gasteiger partial charge in [0.1, 0.15) is 10.6 Å². The molecule has 0 aliphatic heterocycles. The predicted octanol–water partition coefficient (Wildman–Crippen LogP) is 7.05. The summed E-state index contributed by atoms with van der Waals surface area (Å²) >= 11 is 3.11. The van der Waals surface area contributed by atoms with Gasteiger partial charge in [0.05, 0.1) is 11.1 Å². The van der Waals surface area contributed by atoms with Gasteiger partial charge in [-0.3, -0.25) is 9.36 Å². The molecular formula is C27H27FN2OS2. The maximum absolute atomic E-state index is 14.8. The molecule has 0 amide bonds. The lowest BCUT2D eigenvalue weighted by molar-refractivity contribution is 0.590. The van der Waals surface area contributed by atoms with Crippen molar-refractivity contribution in [3.05, 3.63) is 86.3 Å². The molecule has 0 spiro atoms. The molecule has 0 saturated heterocycles. The first-order valence-electron chi connectivity index (χ1n) is 11.4. The second-order valence-corrected chi connectivity index (χ2v) is 11.6. The highest BCUT2D eigenvalue weighted by Crippen LogP contribution is 2.36. The molecule has 2 aromatic heterocycles. The lowest BCUT2D eigenvalue weighted by atomic mass is 9.87. The molecule has 0 radical (unpaired) electrons. The van der Waals surface area contributed by atoms with Gasteiger partial charge in [0.15, 0.2) is 5.16 Å². The quantitative estimate of drug-likeness (QED) is 0.233. The number of para-hydroxylation sites is 1. The van der Waals surface area contributed by atoms with Crippen molar-refractivity contribution in [3.8, 4) is 5.69 Å². The van der Waals surface area contributed by atoms with Crippen LogP contribution in [0.3, 0.4) is 0 Å². The zero-order valence-electron chi connectivity index (χ0n) is 19.2. The first-order valence-corrected chi connectivity index (χ1v) is 13.2. The van der Waals surface area contributed by atoms with Crippen LogP contribution in [0.2, 0.25) is 0 Å². The highest BCUT2D eigenvalue weighted by atomic mass is 32.2. The molecule has 4 aromatic rings. The first kappa shape index (κ1) is 22.4. The van der Waals surface area contributed by atoms with Crippen LogP contribution in [0.4, 0.5) is 4.39 Å². The van der Waals surface area contributed by atoms with Crippen LogP contribution in [0.5, 0.6) is 0 Å². The number of benzene rings is 2. The number of hydrogen-bond acceptors (Lipinski definition) is 4. The Hall–Kier alpha value is -2.44. The van der Waals surface area contributed by atoms with Crippen LogP contribution in [0, 0.1) is 5.82 Å². The van der Waals surface area contributed by atoms with E-state index in [1.807, 2.05) is 0 Å². The molecule has 0 unspecified atom stereocenters. The summed E-state index contributed by atoms with van der Waals surface area (Å²) in [5.41, 5.74) is 3.75. The minimum atomic E-state index is -0.416. The highest BCUT2D eigenvalue weighted by Gasteiger charge is 2.24. The molecule has 0 saturated carbocycles. The molecule has 170 valence electrons. The third-order valence-electron chi connectivity index (χ3n) is 6.24. The number of fused-ring (bicyclic) bond motifs is 3. The summed E-state index contributed by atoms with van der Waals surface area (Å²) < 4.78 is 16.3. The molecule has 6 heteroatoms. The molecule has 0 N–H and O–H groups in total. The van der Waals surface area contributed by atoms with Gasteiger partial charge in [-0.2, -0.15) is 0 Å². The summed E-state index contributed by atoms with van der Waals surface area (Å²) in [5.74, 6) is 0.239. The number of rotatable bonds is 4. The van der Waals surface area contributed by atoms with Gasteiger partial charge in [-0.1, -0.05) is 68.9 Å². The van der Waals surface area contributed by atoms with Crippen LogP contribution in [-0.2, 0) is 24.0 Å². The Morgan fingerprint density at radius 1 is 1.06 bits per heavy atom. The average molecular weight is 479 g/mol. The number of nitrogens with zero attached hydrogens (tertiary/aromatic N) is 2. The molecule has 0 bridgehead atoms. The number of aromatic nitrogens is 2. The summed E-state index contributed by atoms with van der Waals surface area (Å²) in [4.78, 5) is 20.7. The third-order valence-corrected chi connectivity index (χ3v) is 8.43. The monoisotopic (exact) mass is 478 g/mol. The number of aryl methyl sites for hydroxylation is 2. The molecule has 0 atom stereocenters. The number of thiophene rings is 1. The Kier molecular flexibility index (Phi) is 5.91. The molecule has 5 rings (SSSR count). The fraction of sp³-hybridized carbons (Fsp3) is 0.333. The van der Waals surface area contributed by atoms with Crippen molar-refractivity contribution >= 4 is 33.3 Å². The van der Waals surface area contributed by atoms with E-state index in [2.05, 4.69) is 45.0 Å². The Morgan fingerprint density at radius 3 is 2.52 bits per heavy atom. The van der Waals surface area contributed by atoms with E-state index in [-0.39, 0.29) is 16.7 Å². The molecule has 1 aliphatic rings. The Bertz CT molecular complexity index is 1380. The van der Waals surface area contributed by atoms with Crippen molar-refractivity contribution in [3.63, 3.8) is 0 Å². The molecule has 2 aromatic carbocycles. The lowest BCUT2D eigenvalue weighted by Crippen LogP contribution is -2.23. The number of hydrogen-bond donors (Lipinski definition) is 0. The first-order chi connectivity index (χ1) is 15.8. The van der Waals surface area contributed by atoms with E-state index in [9.17, 15) is 9.18 Å². The summed E-state index contributed by atoms with van der Waals surface area (Å²) in [6, 6.07) is 15.0. The normalized spacial score (nSPS) is 13.9. The summed E-state index contributed by atoms with van der Waals surface area (Å²) in [7, 11) is 0. The standard InChI is InChI=1S/C27H27FN2OS2/c1-27(2,3)18-14-12-17(13-15-18)16-32-26-29-24-23(19-8-4-7-11-22(19)33-24)25(31)30(26)21-10-6-5-9-20(21)28/h5-6,9-10,12-15H,4,7-8,11,16H2,1-3H3. The average Bonchev–Trinajstić information content (AvgIpc) is 3.17. The largest absolute Gasteiger partial charge is 0.268 e. The van der Waals surface area contributed by atoms with Gasteiger partial charge in [0.2, 0.25) is 0 Å². The molecule has 1 aliphatic carbocycles. The van der Waals surface area contributed by atoms with Crippen LogP contribution in [0.25, 0.3) is 15.9 Å². The van der Waals surface area contributed by atoms with Gasteiger partial charge in [0.25, 0.3) is 5.56 Å².